The van der Waals surface area contributed by atoms with Gasteiger partial charge in [-0.25, -0.2) is 13.1 Å². The summed E-state index contributed by atoms with van der Waals surface area (Å²) in [4.78, 5) is 2.56. The quantitative estimate of drug-likeness (QED) is 0.711. The van der Waals surface area contributed by atoms with Gasteiger partial charge in [0.2, 0.25) is 0 Å². The molecule has 0 unspecified atom stereocenters. The van der Waals surface area contributed by atoms with Crippen LogP contribution in [0.25, 0.3) is 0 Å². The van der Waals surface area contributed by atoms with Crippen molar-refractivity contribution < 1.29 is 13.2 Å². The van der Waals surface area contributed by atoms with Crippen LogP contribution in [0.1, 0.15) is 12.0 Å². The lowest BCUT2D eigenvalue weighted by Crippen LogP contribution is -2.32. The van der Waals surface area contributed by atoms with Crippen LogP contribution >= 0.6 is 12.2 Å². The molecule has 0 spiro atoms. The molecule has 0 amide bonds. The summed E-state index contributed by atoms with van der Waals surface area (Å²) in [7, 11) is -1.54. The Hall–Kier alpha value is -1.71. The van der Waals surface area contributed by atoms with Crippen molar-refractivity contribution in [2.75, 3.05) is 31.4 Å². The molecule has 1 aromatic carbocycles. The zero-order valence-electron chi connectivity index (χ0n) is 14.4. The Bertz CT molecular complexity index is 918. The fourth-order valence-corrected chi connectivity index (χ4v) is 3.92. The van der Waals surface area contributed by atoms with Crippen LogP contribution in [0.5, 0.6) is 0 Å². The second kappa shape index (κ2) is 7.27. The molecule has 7 nitrogen and oxygen atoms in total. The zero-order chi connectivity index (χ0) is 18.0. The summed E-state index contributed by atoms with van der Waals surface area (Å²) in [5.41, 5.74) is 2.10. The van der Waals surface area contributed by atoms with Crippen LogP contribution < -0.4 is 4.90 Å². The number of ether oxygens (including phenoxy) is 1. The van der Waals surface area contributed by atoms with E-state index in [-0.39, 0.29) is 0 Å². The van der Waals surface area contributed by atoms with Crippen molar-refractivity contribution in [3.8, 4) is 0 Å². The Kier molecular flexibility index (Phi) is 5.26. The lowest BCUT2D eigenvalue weighted by Gasteiger charge is -2.31. The summed E-state index contributed by atoms with van der Waals surface area (Å²) in [6.45, 7) is 2.69. The first kappa shape index (κ1) is 18.1. The Morgan fingerprint density at radius 3 is 2.88 bits per heavy atom. The van der Waals surface area contributed by atoms with E-state index in [0.29, 0.717) is 29.5 Å². The van der Waals surface area contributed by atoms with Crippen molar-refractivity contribution in [2.24, 2.45) is 0 Å². The molecule has 1 aliphatic rings. The minimum Gasteiger partial charge on any atom is -0.383 e. The predicted octanol–water partition coefficient (Wildman–Crippen LogP) is 1.87. The van der Waals surface area contributed by atoms with E-state index in [1.807, 2.05) is 10.6 Å². The number of fused-ring (bicyclic) bond motifs is 1. The van der Waals surface area contributed by atoms with Gasteiger partial charge in [-0.05, 0) is 48.8 Å². The molecule has 0 bridgehead atoms. The maximum Gasteiger partial charge on any atom is 0.199 e. The van der Waals surface area contributed by atoms with Crippen molar-refractivity contribution >= 4 is 27.7 Å². The molecule has 0 N–H and O–H groups in total. The Balaban J connectivity index is 1.84. The molecular weight excluding hydrogens is 360 g/mol. The highest BCUT2D eigenvalue weighted by Gasteiger charge is 2.20. The van der Waals surface area contributed by atoms with Crippen LogP contribution in [0.4, 0.5) is 5.69 Å². The Labute approximate surface area is 152 Å². The normalized spacial score (nSPS) is 14.6. The van der Waals surface area contributed by atoms with E-state index in [0.717, 1.165) is 30.6 Å². The molecule has 3 rings (SSSR count). The van der Waals surface area contributed by atoms with E-state index in [2.05, 4.69) is 10.00 Å². The van der Waals surface area contributed by atoms with E-state index >= 15 is 0 Å². The number of methoxy groups -OCH3 is 1. The summed E-state index contributed by atoms with van der Waals surface area (Å²) in [5, 5.41) is 4.37. The van der Waals surface area contributed by atoms with Gasteiger partial charge >= 0.3 is 0 Å². The highest BCUT2D eigenvalue weighted by atomic mass is 32.2. The van der Waals surface area contributed by atoms with E-state index < -0.39 is 9.84 Å². The third-order valence-electron chi connectivity index (χ3n) is 4.33. The number of aromatic nitrogens is 3. The van der Waals surface area contributed by atoms with Gasteiger partial charge in [0.15, 0.2) is 14.6 Å². The SMILES string of the molecule is COCCn1cnn(CN2CCCc3cc(S(C)(=O)=O)ccc32)c1=S. The minimum absolute atomic E-state index is 0.369. The second-order valence-corrected chi connectivity index (χ2v) is 8.55. The highest BCUT2D eigenvalue weighted by Crippen LogP contribution is 2.29. The summed E-state index contributed by atoms with van der Waals surface area (Å²) in [6, 6.07) is 5.34. The number of rotatable bonds is 6. The van der Waals surface area contributed by atoms with Crippen LogP contribution in [0.15, 0.2) is 29.4 Å². The third kappa shape index (κ3) is 3.94. The molecule has 2 aromatic rings. The molecule has 0 atom stereocenters. The van der Waals surface area contributed by atoms with Crippen LogP contribution in [0, 0.1) is 4.77 Å². The molecule has 0 saturated carbocycles. The van der Waals surface area contributed by atoms with Gasteiger partial charge in [-0.1, -0.05) is 0 Å². The van der Waals surface area contributed by atoms with Gasteiger partial charge < -0.3 is 14.2 Å². The average Bonchev–Trinajstić information content (AvgIpc) is 2.92. The number of benzene rings is 1. The Morgan fingerprint density at radius 1 is 1.36 bits per heavy atom. The maximum absolute atomic E-state index is 11.8. The molecule has 2 heterocycles. The third-order valence-corrected chi connectivity index (χ3v) is 5.89. The molecular formula is C16H22N4O3S2. The van der Waals surface area contributed by atoms with Crippen molar-refractivity contribution in [1.82, 2.24) is 14.3 Å². The molecule has 0 saturated heterocycles. The average molecular weight is 383 g/mol. The van der Waals surface area contributed by atoms with Gasteiger partial charge in [0.25, 0.3) is 0 Å². The maximum atomic E-state index is 11.8. The van der Waals surface area contributed by atoms with Gasteiger partial charge in [-0.3, -0.25) is 0 Å². The first-order valence-electron chi connectivity index (χ1n) is 8.09. The molecule has 0 fully saturated rings. The standard InChI is InChI=1S/C16H22N4O3S2/c1-23-9-8-18-11-17-20(16(18)24)12-19-7-3-4-13-10-14(25(2,21)22)5-6-15(13)19/h5-6,10-11H,3-4,7-9,12H2,1-2H3. The second-order valence-electron chi connectivity index (χ2n) is 6.17. The van der Waals surface area contributed by atoms with E-state index in [9.17, 15) is 8.42 Å². The molecule has 136 valence electrons. The number of anilines is 1. The van der Waals surface area contributed by atoms with Crippen LogP contribution in [-0.2, 0) is 34.2 Å². The van der Waals surface area contributed by atoms with Gasteiger partial charge in [0.05, 0.1) is 11.5 Å². The van der Waals surface area contributed by atoms with E-state index in [1.165, 1.54) is 6.26 Å². The monoisotopic (exact) mass is 382 g/mol. The molecule has 25 heavy (non-hydrogen) atoms. The molecule has 9 heteroatoms. The largest absolute Gasteiger partial charge is 0.383 e. The topological polar surface area (TPSA) is 69.4 Å². The van der Waals surface area contributed by atoms with Gasteiger partial charge in [0, 0.05) is 32.1 Å². The molecule has 1 aliphatic heterocycles. The molecule has 0 aliphatic carbocycles. The van der Waals surface area contributed by atoms with E-state index in [1.54, 1.807) is 30.3 Å². The van der Waals surface area contributed by atoms with Crippen LogP contribution in [0.3, 0.4) is 0 Å². The number of hydrogen-bond donors (Lipinski definition) is 0. The first-order valence-corrected chi connectivity index (χ1v) is 10.4. The first-order chi connectivity index (χ1) is 11.9. The number of sulfone groups is 1. The highest BCUT2D eigenvalue weighted by molar-refractivity contribution is 7.90. The van der Waals surface area contributed by atoms with Crippen LogP contribution in [-0.4, -0.2) is 49.3 Å². The molecule has 1 aromatic heterocycles. The van der Waals surface area contributed by atoms with Gasteiger partial charge in [-0.15, -0.1) is 0 Å². The summed E-state index contributed by atoms with van der Waals surface area (Å²) in [5.74, 6) is 0. The summed E-state index contributed by atoms with van der Waals surface area (Å²) in [6.07, 6.45) is 4.81. The predicted molar refractivity (Wildman–Crippen MR) is 98.1 cm³/mol. The number of aryl methyl sites for hydroxylation is 1. The lowest BCUT2D eigenvalue weighted by atomic mass is 10.0. The summed E-state index contributed by atoms with van der Waals surface area (Å²) < 4.78 is 32.9. The van der Waals surface area contributed by atoms with Crippen molar-refractivity contribution in [1.29, 1.82) is 0 Å². The fourth-order valence-electron chi connectivity index (χ4n) is 3.00. The molecule has 0 radical (unpaired) electrons. The Morgan fingerprint density at radius 2 is 2.16 bits per heavy atom. The minimum atomic E-state index is -3.19. The van der Waals surface area contributed by atoms with E-state index in [4.69, 9.17) is 17.0 Å². The lowest BCUT2D eigenvalue weighted by molar-refractivity contribution is 0.186. The van der Waals surface area contributed by atoms with Crippen LogP contribution in [0.2, 0.25) is 0 Å². The number of nitrogens with zero attached hydrogens (tertiary/aromatic N) is 4. The van der Waals surface area contributed by atoms with Crippen molar-refractivity contribution in [3.05, 3.63) is 34.9 Å². The van der Waals surface area contributed by atoms with Crippen molar-refractivity contribution in [2.45, 2.75) is 31.0 Å². The zero-order valence-corrected chi connectivity index (χ0v) is 16.0. The van der Waals surface area contributed by atoms with Gasteiger partial charge in [0.1, 0.15) is 13.0 Å². The van der Waals surface area contributed by atoms with Crippen molar-refractivity contribution in [3.63, 3.8) is 0 Å². The fraction of sp³-hybridized carbons (Fsp3) is 0.500. The smallest absolute Gasteiger partial charge is 0.199 e. The summed E-state index contributed by atoms with van der Waals surface area (Å²) >= 11 is 5.48. The number of hydrogen-bond acceptors (Lipinski definition) is 6. The van der Waals surface area contributed by atoms with Gasteiger partial charge in [-0.2, -0.15) is 5.10 Å².